The Labute approximate surface area is 204 Å². The van der Waals surface area contributed by atoms with Gasteiger partial charge in [-0.1, -0.05) is 11.6 Å². The summed E-state index contributed by atoms with van der Waals surface area (Å²) < 4.78 is 73.2. The standard InChI is InChI=1S/C23H22F3N7O2S/c1-14-3-4-17(36(34,35)31-22-10-21(11-22,12-22)13-32-6-2-5-29-32)15(7-14)16-8-28-20-19(27)30-18(9-33(16)20)23(24,25)26/h2-9,31H,10-13H2,1H3,(H2,27,30). The van der Waals surface area contributed by atoms with E-state index in [9.17, 15) is 21.6 Å². The molecule has 9 nitrogen and oxygen atoms in total. The zero-order chi connectivity index (χ0) is 25.5. The molecule has 3 aromatic heterocycles. The van der Waals surface area contributed by atoms with Gasteiger partial charge in [-0.3, -0.25) is 9.08 Å². The van der Waals surface area contributed by atoms with Crippen LogP contribution in [-0.2, 0) is 22.7 Å². The second-order valence-corrected chi connectivity index (χ2v) is 11.6. The molecule has 4 aromatic rings. The van der Waals surface area contributed by atoms with Gasteiger partial charge in [-0.05, 0) is 49.8 Å². The lowest BCUT2D eigenvalue weighted by Crippen LogP contribution is -2.75. The molecule has 7 rings (SSSR count). The van der Waals surface area contributed by atoms with Crippen molar-refractivity contribution in [2.45, 2.75) is 49.3 Å². The lowest BCUT2D eigenvalue weighted by atomic mass is 9.40. The van der Waals surface area contributed by atoms with Gasteiger partial charge in [-0.2, -0.15) is 18.3 Å². The van der Waals surface area contributed by atoms with E-state index in [1.807, 2.05) is 16.9 Å². The molecule has 188 valence electrons. The summed E-state index contributed by atoms with van der Waals surface area (Å²) in [5.41, 5.74) is 5.20. The predicted octanol–water partition coefficient (Wildman–Crippen LogP) is 3.40. The molecule has 0 unspecified atom stereocenters. The molecule has 13 heteroatoms. The van der Waals surface area contributed by atoms with Crippen LogP contribution < -0.4 is 10.5 Å². The van der Waals surface area contributed by atoms with Gasteiger partial charge in [-0.25, -0.2) is 23.1 Å². The number of nitrogens with two attached hydrogens (primary N) is 1. The minimum absolute atomic E-state index is 0.01000. The van der Waals surface area contributed by atoms with Crippen molar-refractivity contribution in [3.63, 3.8) is 0 Å². The Balaban J connectivity index is 1.35. The van der Waals surface area contributed by atoms with Gasteiger partial charge in [-0.15, -0.1) is 0 Å². The number of aryl methyl sites for hydroxylation is 1. The van der Waals surface area contributed by atoms with Crippen molar-refractivity contribution in [2.24, 2.45) is 5.41 Å². The van der Waals surface area contributed by atoms with Gasteiger partial charge in [0.25, 0.3) is 0 Å². The Morgan fingerprint density at radius 3 is 2.64 bits per heavy atom. The average molecular weight is 518 g/mol. The molecule has 3 heterocycles. The summed E-state index contributed by atoms with van der Waals surface area (Å²) in [5.74, 6) is -0.400. The van der Waals surface area contributed by atoms with Crippen LogP contribution in [0.1, 0.15) is 30.5 Å². The summed E-state index contributed by atoms with van der Waals surface area (Å²) in [4.78, 5) is 7.48. The lowest BCUT2D eigenvalue weighted by molar-refractivity contribution is -0.153. The number of fused-ring (bicyclic) bond motifs is 1. The number of rotatable bonds is 6. The third-order valence-electron chi connectivity index (χ3n) is 7.06. The van der Waals surface area contributed by atoms with Crippen LogP contribution >= 0.6 is 0 Å². The van der Waals surface area contributed by atoms with Gasteiger partial charge < -0.3 is 5.73 Å². The Kier molecular flexibility index (Phi) is 4.65. The highest BCUT2D eigenvalue weighted by atomic mass is 32.2. The lowest BCUT2D eigenvalue weighted by Gasteiger charge is -2.70. The minimum atomic E-state index is -4.73. The van der Waals surface area contributed by atoms with Crippen molar-refractivity contribution in [3.8, 4) is 11.3 Å². The molecular formula is C23H22F3N7O2S. The van der Waals surface area contributed by atoms with Crippen LogP contribution in [0.2, 0.25) is 0 Å². The fourth-order valence-electron chi connectivity index (χ4n) is 5.78. The average Bonchev–Trinajstić information content (AvgIpc) is 3.40. The summed E-state index contributed by atoms with van der Waals surface area (Å²) in [6, 6.07) is 6.58. The van der Waals surface area contributed by atoms with Crippen molar-refractivity contribution in [1.29, 1.82) is 0 Å². The molecule has 3 aliphatic carbocycles. The van der Waals surface area contributed by atoms with Gasteiger partial charge in [0.1, 0.15) is 0 Å². The second kappa shape index (κ2) is 7.29. The monoisotopic (exact) mass is 517 g/mol. The highest BCUT2D eigenvalue weighted by Crippen LogP contribution is 2.68. The first-order valence-corrected chi connectivity index (χ1v) is 12.7. The maximum atomic E-state index is 13.6. The summed E-state index contributed by atoms with van der Waals surface area (Å²) >= 11 is 0. The van der Waals surface area contributed by atoms with Crippen molar-refractivity contribution >= 4 is 21.5 Å². The first-order chi connectivity index (χ1) is 16.9. The molecule has 0 aliphatic heterocycles. The van der Waals surface area contributed by atoms with Gasteiger partial charge in [0.2, 0.25) is 10.0 Å². The quantitative estimate of drug-likeness (QED) is 0.405. The number of nitrogens with one attached hydrogen (secondary N) is 1. The Bertz CT molecular complexity index is 1590. The van der Waals surface area contributed by atoms with Crippen LogP contribution in [-0.4, -0.2) is 38.1 Å². The van der Waals surface area contributed by atoms with Crippen LogP contribution in [0.25, 0.3) is 16.9 Å². The van der Waals surface area contributed by atoms with E-state index in [0.29, 0.717) is 19.3 Å². The Hall–Kier alpha value is -3.45. The number of alkyl halides is 3. The molecule has 1 aromatic carbocycles. The number of aromatic nitrogens is 5. The zero-order valence-corrected chi connectivity index (χ0v) is 19.9. The highest BCUT2D eigenvalue weighted by molar-refractivity contribution is 7.89. The van der Waals surface area contributed by atoms with E-state index in [-0.39, 0.29) is 27.2 Å². The summed E-state index contributed by atoms with van der Waals surface area (Å²) in [6.07, 6.45) is 3.06. The molecule has 0 amide bonds. The normalized spacial score (nSPS) is 23.4. The molecule has 0 saturated heterocycles. The van der Waals surface area contributed by atoms with Crippen molar-refractivity contribution in [3.05, 3.63) is 60.3 Å². The van der Waals surface area contributed by atoms with E-state index in [1.165, 1.54) is 12.3 Å². The van der Waals surface area contributed by atoms with Gasteiger partial charge >= 0.3 is 6.18 Å². The van der Waals surface area contributed by atoms with Crippen molar-refractivity contribution in [2.75, 3.05) is 5.73 Å². The number of anilines is 1. The van der Waals surface area contributed by atoms with E-state index in [1.54, 1.807) is 25.3 Å². The Morgan fingerprint density at radius 2 is 1.97 bits per heavy atom. The number of nitrogen functional groups attached to an aromatic ring is 1. The maximum Gasteiger partial charge on any atom is 0.434 e. The molecule has 3 aliphatic rings. The molecule has 2 bridgehead atoms. The predicted molar refractivity (Wildman–Crippen MR) is 124 cm³/mol. The SMILES string of the molecule is Cc1ccc(S(=O)(=O)NC23CC(Cn4cccn4)(C2)C3)c(-c2cnc3c(N)nc(C(F)(F)F)cn23)c1. The smallest absolute Gasteiger partial charge is 0.381 e. The first kappa shape index (κ1) is 23.0. The molecule has 0 atom stereocenters. The zero-order valence-electron chi connectivity index (χ0n) is 19.1. The molecular weight excluding hydrogens is 495 g/mol. The van der Waals surface area contributed by atoms with Crippen LogP contribution in [0.4, 0.5) is 19.0 Å². The molecule has 0 radical (unpaired) electrons. The molecule has 0 spiro atoms. The van der Waals surface area contributed by atoms with Crippen molar-refractivity contribution < 1.29 is 21.6 Å². The fraction of sp³-hybridized carbons (Fsp3) is 0.348. The number of benzene rings is 1. The highest BCUT2D eigenvalue weighted by Gasteiger charge is 2.69. The van der Waals surface area contributed by atoms with E-state index < -0.39 is 33.3 Å². The third kappa shape index (κ3) is 3.56. The summed E-state index contributed by atoms with van der Waals surface area (Å²) in [5, 5.41) is 4.24. The van der Waals surface area contributed by atoms with E-state index in [4.69, 9.17) is 5.73 Å². The van der Waals surface area contributed by atoms with Gasteiger partial charge in [0.05, 0.1) is 16.8 Å². The van der Waals surface area contributed by atoms with Crippen LogP contribution in [0.15, 0.2) is 53.9 Å². The van der Waals surface area contributed by atoms with Crippen LogP contribution in [0, 0.1) is 12.3 Å². The topological polar surface area (TPSA) is 120 Å². The van der Waals surface area contributed by atoms with Crippen LogP contribution in [0.3, 0.4) is 0 Å². The molecule has 3 saturated carbocycles. The summed E-state index contributed by atoms with van der Waals surface area (Å²) in [6.45, 7) is 2.51. The number of sulfonamides is 1. The molecule has 3 N–H and O–H groups in total. The van der Waals surface area contributed by atoms with E-state index in [2.05, 4.69) is 19.8 Å². The first-order valence-electron chi connectivity index (χ1n) is 11.2. The summed E-state index contributed by atoms with van der Waals surface area (Å²) in [7, 11) is -4.00. The number of imidazole rings is 1. The Morgan fingerprint density at radius 1 is 1.22 bits per heavy atom. The fourth-order valence-corrected chi connectivity index (χ4v) is 7.37. The third-order valence-corrected chi connectivity index (χ3v) is 8.69. The number of halogens is 3. The minimum Gasteiger partial charge on any atom is -0.381 e. The van der Waals surface area contributed by atoms with Gasteiger partial charge in [0.15, 0.2) is 17.2 Å². The number of hydrogen-bond acceptors (Lipinski definition) is 6. The van der Waals surface area contributed by atoms with E-state index in [0.717, 1.165) is 22.7 Å². The van der Waals surface area contributed by atoms with E-state index >= 15 is 0 Å². The van der Waals surface area contributed by atoms with Gasteiger partial charge in [0, 0.05) is 36.2 Å². The van der Waals surface area contributed by atoms with Crippen molar-refractivity contribution in [1.82, 2.24) is 28.9 Å². The number of nitrogens with zero attached hydrogens (tertiary/aromatic N) is 5. The maximum absolute atomic E-state index is 13.6. The largest absolute Gasteiger partial charge is 0.434 e. The second-order valence-electron chi connectivity index (χ2n) is 9.97. The molecule has 36 heavy (non-hydrogen) atoms. The molecule has 3 fully saturated rings. The van der Waals surface area contributed by atoms with Crippen LogP contribution in [0.5, 0.6) is 0 Å². The number of hydrogen-bond donors (Lipinski definition) is 2.